The van der Waals surface area contributed by atoms with E-state index >= 15 is 0 Å². The van der Waals surface area contributed by atoms with Gasteiger partial charge in [-0.3, -0.25) is 9.59 Å². The van der Waals surface area contributed by atoms with Crippen molar-refractivity contribution in [3.63, 3.8) is 0 Å². The molecule has 0 radical (unpaired) electrons. The summed E-state index contributed by atoms with van der Waals surface area (Å²) in [4.78, 5) is 23.1. The molecule has 0 aromatic heterocycles. The van der Waals surface area contributed by atoms with Crippen molar-refractivity contribution < 1.29 is 14.7 Å². The molecule has 1 aromatic carbocycles. The number of amides is 2. The Balaban J connectivity index is 2.04. The Hall–Kier alpha value is -2.03. The molecule has 5 nitrogen and oxygen atoms in total. The third-order valence-electron chi connectivity index (χ3n) is 3.00. The monoisotopic (exact) mass is 306 g/mol. The lowest BCUT2D eigenvalue weighted by molar-refractivity contribution is -0.119. The zero-order chi connectivity index (χ0) is 15.2. The van der Waals surface area contributed by atoms with E-state index in [1.165, 1.54) is 0 Å². The summed E-state index contributed by atoms with van der Waals surface area (Å²) in [6.45, 7) is 0.447. The van der Waals surface area contributed by atoms with Gasteiger partial charge in [0, 0.05) is 30.5 Å². The number of halogens is 1. The maximum atomic E-state index is 12.1. The summed E-state index contributed by atoms with van der Waals surface area (Å²) >= 11 is 6.08. The Morgan fingerprint density at radius 1 is 1.52 bits per heavy atom. The summed E-state index contributed by atoms with van der Waals surface area (Å²) in [6, 6.07) is 4.66. The molecule has 1 saturated heterocycles. The predicted molar refractivity (Wildman–Crippen MR) is 78.9 cm³/mol. The number of aliphatic hydroxyl groups excluding tert-OH is 1. The molecule has 1 fully saturated rings. The Morgan fingerprint density at radius 2 is 2.33 bits per heavy atom. The molecule has 1 aliphatic rings. The first-order valence-corrected chi connectivity index (χ1v) is 6.95. The summed E-state index contributed by atoms with van der Waals surface area (Å²) in [5, 5.41) is 14.5. The molecular formula is C15H15ClN2O3. The van der Waals surface area contributed by atoms with Crippen LogP contribution in [0.4, 0.5) is 0 Å². The minimum absolute atomic E-state index is 0.000741. The highest BCUT2D eigenvalue weighted by molar-refractivity contribution is 6.32. The summed E-state index contributed by atoms with van der Waals surface area (Å²) in [5.41, 5.74) is 1.03. The average molecular weight is 307 g/mol. The fourth-order valence-corrected chi connectivity index (χ4v) is 2.18. The second-order valence-electron chi connectivity index (χ2n) is 4.65. The van der Waals surface area contributed by atoms with Crippen molar-refractivity contribution in [2.45, 2.75) is 18.9 Å². The molecule has 0 saturated carbocycles. The van der Waals surface area contributed by atoms with Crippen molar-refractivity contribution in [2.24, 2.45) is 0 Å². The van der Waals surface area contributed by atoms with Crippen LogP contribution in [-0.2, 0) is 4.79 Å². The summed E-state index contributed by atoms with van der Waals surface area (Å²) in [7, 11) is 0. The molecule has 21 heavy (non-hydrogen) atoms. The first kappa shape index (κ1) is 15.4. The summed E-state index contributed by atoms with van der Waals surface area (Å²) in [6.07, 6.45) is 0.672. The van der Waals surface area contributed by atoms with E-state index in [-0.39, 0.29) is 24.5 Å². The van der Waals surface area contributed by atoms with Gasteiger partial charge in [0.25, 0.3) is 5.91 Å². The standard InChI is InChI=1S/C15H15ClN2O3/c16-13-7-11(5-4-10(13)3-1-2-6-19)15(21)18-12-8-14(20)17-9-12/h4-5,7,12,19H,2,6,8-9H2,(H,17,20)(H,18,21). The summed E-state index contributed by atoms with van der Waals surface area (Å²) < 4.78 is 0. The van der Waals surface area contributed by atoms with Crippen molar-refractivity contribution in [3.05, 3.63) is 34.3 Å². The number of aliphatic hydroxyl groups is 1. The number of carbonyl (C=O) groups is 2. The number of carbonyl (C=O) groups excluding carboxylic acids is 2. The third kappa shape index (κ3) is 4.22. The first-order chi connectivity index (χ1) is 10.1. The van der Waals surface area contributed by atoms with Crippen LogP contribution in [0.25, 0.3) is 0 Å². The molecule has 1 aromatic rings. The second kappa shape index (κ2) is 7.11. The minimum atomic E-state index is -0.270. The van der Waals surface area contributed by atoms with Gasteiger partial charge >= 0.3 is 0 Å². The molecule has 3 N–H and O–H groups in total. The van der Waals surface area contributed by atoms with Gasteiger partial charge in [0.15, 0.2) is 0 Å². The summed E-state index contributed by atoms with van der Waals surface area (Å²) in [5.74, 6) is 5.27. The van der Waals surface area contributed by atoms with E-state index in [9.17, 15) is 9.59 Å². The normalized spacial score (nSPS) is 16.9. The van der Waals surface area contributed by atoms with Crippen LogP contribution in [0.2, 0.25) is 5.02 Å². The largest absolute Gasteiger partial charge is 0.395 e. The number of hydrogen-bond acceptors (Lipinski definition) is 3. The Kier molecular flexibility index (Phi) is 5.20. The van der Waals surface area contributed by atoms with E-state index in [1.807, 2.05) is 0 Å². The average Bonchev–Trinajstić information content (AvgIpc) is 2.86. The fourth-order valence-electron chi connectivity index (χ4n) is 1.95. The number of hydrogen-bond donors (Lipinski definition) is 3. The van der Waals surface area contributed by atoms with Crippen molar-refractivity contribution in [2.75, 3.05) is 13.2 Å². The second-order valence-corrected chi connectivity index (χ2v) is 5.06. The highest BCUT2D eigenvalue weighted by atomic mass is 35.5. The van der Waals surface area contributed by atoms with Gasteiger partial charge in [-0.25, -0.2) is 0 Å². The highest BCUT2D eigenvalue weighted by Crippen LogP contribution is 2.17. The molecule has 0 aliphatic carbocycles. The van der Waals surface area contributed by atoms with Crippen LogP contribution >= 0.6 is 11.6 Å². The highest BCUT2D eigenvalue weighted by Gasteiger charge is 2.23. The van der Waals surface area contributed by atoms with Crippen LogP contribution in [0.3, 0.4) is 0 Å². The minimum Gasteiger partial charge on any atom is -0.395 e. The fraction of sp³-hybridized carbons (Fsp3) is 0.333. The number of rotatable bonds is 3. The molecule has 1 heterocycles. The molecule has 110 valence electrons. The molecule has 2 amide bonds. The van der Waals surface area contributed by atoms with Gasteiger partial charge in [0.1, 0.15) is 0 Å². The topological polar surface area (TPSA) is 78.4 Å². The molecule has 0 bridgehead atoms. The van der Waals surface area contributed by atoms with Crippen LogP contribution in [0.15, 0.2) is 18.2 Å². The van der Waals surface area contributed by atoms with E-state index in [2.05, 4.69) is 22.5 Å². The van der Waals surface area contributed by atoms with Crippen molar-refractivity contribution in [3.8, 4) is 11.8 Å². The predicted octanol–water partition coefficient (Wildman–Crippen LogP) is 0.692. The Bertz CT molecular complexity index is 619. The zero-order valence-corrected chi connectivity index (χ0v) is 12.0. The van der Waals surface area contributed by atoms with Crippen LogP contribution in [0.5, 0.6) is 0 Å². The van der Waals surface area contributed by atoms with Gasteiger partial charge in [-0.1, -0.05) is 23.4 Å². The van der Waals surface area contributed by atoms with Crippen LogP contribution in [0.1, 0.15) is 28.8 Å². The van der Waals surface area contributed by atoms with Gasteiger partial charge in [-0.15, -0.1) is 0 Å². The SMILES string of the molecule is O=C1CC(NC(=O)c2ccc(C#CCCO)c(Cl)c2)CN1. The smallest absolute Gasteiger partial charge is 0.251 e. The van der Waals surface area contributed by atoms with Crippen LogP contribution < -0.4 is 10.6 Å². The molecule has 1 atom stereocenters. The number of nitrogens with one attached hydrogen (secondary N) is 2. The molecule has 0 spiro atoms. The van der Waals surface area contributed by atoms with Crippen LogP contribution in [0, 0.1) is 11.8 Å². The van der Waals surface area contributed by atoms with E-state index in [1.54, 1.807) is 18.2 Å². The van der Waals surface area contributed by atoms with E-state index < -0.39 is 0 Å². The van der Waals surface area contributed by atoms with Gasteiger partial charge in [-0.05, 0) is 18.2 Å². The van der Waals surface area contributed by atoms with Crippen molar-refractivity contribution in [1.82, 2.24) is 10.6 Å². The van der Waals surface area contributed by atoms with E-state index in [0.29, 0.717) is 35.5 Å². The maximum Gasteiger partial charge on any atom is 0.251 e. The zero-order valence-electron chi connectivity index (χ0n) is 11.3. The van der Waals surface area contributed by atoms with Crippen molar-refractivity contribution in [1.29, 1.82) is 0 Å². The lowest BCUT2D eigenvalue weighted by atomic mass is 10.1. The van der Waals surface area contributed by atoms with E-state index in [4.69, 9.17) is 16.7 Å². The molecule has 2 rings (SSSR count). The van der Waals surface area contributed by atoms with Gasteiger partial charge in [0.05, 0.1) is 17.7 Å². The third-order valence-corrected chi connectivity index (χ3v) is 3.32. The van der Waals surface area contributed by atoms with Gasteiger partial charge in [-0.2, -0.15) is 0 Å². The Labute approximate surface area is 127 Å². The van der Waals surface area contributed by atoms with E-state index in [0.717, 1.165) is 0 Å². The van der Waals surface area contributed by atoms with Crippen LogP contribution in [-0.4, -0.2) is 36.1 Å². The molecular weight excluding hydrogens is 292 g/mol. The molecule has 6 heteroatoms. The molecule has 1 unspecified atom stereocenters. The Morgan fingerprint density at radius 3 is 2.95 bits per heavy atom. The number of benzene rings is 1. The first-order valence-electron chi connectivity index (χ1n) is 6.57. The van der Waals surface area contributed by atoms with Crippen molar-refractivity contribution >= 4 is 23.4 Å². The maximum absolute atomic E-state index is 12.1. The molecule has 1 aliphatic heterocycles. The lowest BCUT2D eigenvalue weighted by Gasteiger charge is -2.10. The van der Waals surface area contributed by atoms with Gasteiger partial charge < -0.3 is 15.7 Å². The lowest BCUT2D eigenvalue weighted by Crippen LogP contribution is -2.36. The van der Waals surface area contributed by atoms with Gasteiger partial charge in [0.2, 0.25) is 5.91 Å². The quantitative estimate of drug-likeness (QED) is 0.719.